The van der Waals surface area contributed by atoms with Crippen LogP contribution in [0.25, 0.3) is 10.8 Å². The van der Waals surface area contributed by atoms with E-state index in [1.165, 1.54) is 18.3 Å². The molecule has 0 unspecified atom stereocenters. The van der Waals surface area contributed by atoms with Crippen molar-refractivity contribution < 1.29 is 15.0 Å². The Hall–Kier alpha value is -3.34. The highest BCUT2D eigenvalue weighted by Gasteiger charge is 2.05. The van der Waals surface area contributed by atoms with Crippen LogP contribution in [0.5, 0.6) is 11.5 Å². The van der Waals surface area contributed by atoms with Crippen LogP contribution in [0.2, 0.25) is 0 Å². The van der Waals surface area contributed by atoms with E-state index in [9.17, 15) is 15.0 Å². The molecule has 1 amide bonds. The second-order valence-electron chi connectivity index (χ2n) is 5.36. The van der Waals surface area contributed by atoms with Crippen LogP contribution in [0.1, 0.15) is 11.1 Å². The highest BCUT2D eigenvalue weighted by atomic mass is 16.3. The molecule has 0 spiro atoms. The first-order valence-electron chi connectivity index (χ1n) is 7.44. The van der Waals surface area contributed by atoms with E-state index < -0.39 is 0 Å². The molecule has 24 heavy (non-hydrogen) atoms. The maximum Gasteiger partial charge on any atom is 0.244 e. The van der Waals surface area contributed by atoms with Crippen LogP contribution in [-0.4, -0.2) is 22.3 Å². The molecule has 0 radical (unpaired) electrons. The van der Waals surface area contributed by atoms with E-state index in [-0.39, 0.29) is 23.8 Å². The third-order valence-electron chi connectivity index (χ3n) is 3.63. The zero-order valence-corrected chi connectivity index (χ0v) is 12.8. The summed E-state index contributed by atoms with van der Waals surface area (Å²) >= 11 is 0. The Bertz CT molecular complexity index is 902. The lowest BCUT2D eigenvalue weighted by Gasteiger charge is -2.05. The van der Waals surface area contributed by atoms with E-state index in [4.69, 9.17) is 0 Å². The molecule has 5 heteroatoms. The smallest absolute Gasteiger partial charge is 0.244 e. The number of hydrazone groups is 1. The first-order chi connectivity index (χ1) is 11.6. The van der Waals surface area contributed by atoms with E-state index in [0.717, 1.165) is 16.3 Å². The van der Waals surface area contributed by atoms with Gasteiger partial charge in [-0.15, -0.1) is 0 Å². The van der Waals surface area contributed by atoms with Gasteiger partial charge in [0, 0.05) is 5.56 Å². The van der Waals surface area contributed by atoms with Gasteiger partial charge in [0.25, 0.3) is 0 Å². The van der Waals surface area contributed by atoms with Crippen molar-refractivity contribution in [3.05, 3.63) is 71.8 Å². The Morgan fingerprint density at radius 1 is 1.00 bits per heavy atom. The number of amides is 1. The van der Waals surface area contributed by atoms with Gasteiger partial charge in [-0.3, -0.25) is 4.79 Å². The Balaban J connectivity index is 1.71. The maximum atomic E-state index is 11.9. The van der Waals surface area contributed by atoms with Gasteiger partial charge in [0.1, 0.15) is 11.5 Å². The van der Waals surface area contributed by atoms with Crippen LogP contribution in [-0.2, 0) is 11.2 Å². The fraction of sp³-hybridized carbons (Fsp3) is 0.0526. The summed E-state index contributed by atoms with van der Waals surface area (Å²) in [6, 6.07) is 17.4. The molecule has 5 nitrogen and oxygen atoms in total. The lowest BCUT2D eigenvalue weighted by atomic mass is 10.0. The van der Waals surface area contributed by atoms with E-state index in [1.54, 1.807) is 18.2 Å². The number of aromatic hydroxyl groups is 2. The topological polar surface area (TPSA) is 81.9 Å². The molecule has 0 aromatic heterocycles. The number of benzene rings is 3. The van der Waals surface area contributed by atoms with Crippen molar-refractivity contribution in [2.24, 2.45) is 5.10 Å². The molecule has 0 atom stereocenters. The van der Waals surface area contributed by atoms with Gasteiger partial charge < -0.3 is 10.2 Å². The van der Waals surface area contributed by atoms with Gasteiger partial charge in [-0.1, -0.05) is 42.5 Å². The van der Waals surface area contributed by atoms with E-state index >= 15 is 0 Å². The summed E-state index contributed by atoms with van der Waals surface area (Å²) in [6.07, 6.45) is 1.59. The number of carbonyl (C=O) groups excluding carboxylic acids is 1. The molecular weight excluding hydrogens is 304 g/mol. The monoisotopic (exact) mass is 320 g/mol. The molecule has 0 saturated carbocycles. The predicted octanol–water partition coefficient (Wildman–Crippen LogP) is 2.94. The largest absolute Gasteiger partial charge is 0.508 e. The van der Waals surface area contributed by atoms with Crippen molar-refractivity contribution in [2.45, 2.75) is 6.42 Å². The first kappa shape index (κ1) is 15.6. The average Bonchev–Trinajstić information content (AvgIpc) is 2.59. The van der Waals surface area contributed by atoms with Crippen LogP contribution >= 0.6 is 0 Å². The third kappa shape index (κ3) is 3.52. The summed E-state index contributed by atoms with van der Waals surface area (Å²) in [6.45, 7) is 0. The molecule has 0 bridgehead atoms. The highest BCUT2D eigenvalue weighted by molar-refractivity contribution is 6.02. The van der Waals surface area contributed by atoms with E-state index in [1.807, 2.05) is 30.3 Å². The summed E-state index contributed by atoms with van der Waals surface area (Å²) in [4.78, 5) is 11.9. The molecule has 0 fully saturated rings. The van der Waals surface area contributed by atoms with Crippen molar-refractivity contribution in [1.82, 2.24) is 5.43 Å². The van der Waals surface area contributed by atoms with E-state index in [0.29, 0.717) is 5.56 Å². The first-order valence-corrected chi connectivity index (χ1v) is 7.44. The second-order valence-corrected chi connectivity index (χ2v) is 5.36. The molecule has 3 aromatic rings. The number of rotatable bonds is 4. The van der Waals surface area contributed by atoms with Crippen molar-refractivity contribution in [2.75, 3.05) is 0 Å². The minimum Gasteiger partial charge on any atom is -0.508 e. The summed E-state index contributed by atoms with van der Waals surface area (Å²) in [5.74, 6) is -0.0227. The van der Waals surface area contributed by atoms with Crippen LogP contribution in [0.4, 0.5) is 0 Å². The van der Waals surface area contributed by atoms with Crippen LogP contribution in [0.3, 0.4) is 0 Å². The van der Waals surface area contributed by atoms with Crippen LogP contribution in [0.15, 0.2) is 65.8 Å². The molecule has 0 aliphatic rings. The molecule has 0 heterocycles. The quantitative estimate of drug-likeness (QED) is 0.510. The lowest BCUT2D eigenvalue weighted by Crippen LogP contribution is -2.19. The summed E-state index contributed by atoms with van der Waals surface area (Å²) < 4.78 is 0. The molecule has 0 aliphatic heterocycles. The van der Waals surface area contributed by atoms with Gasteiger partial charge in [0.2, 0.25) is 5.91 Å². The Labute approximate surface area is 138 Å². The summed E-state index contributed by atoms with van der Waals surface area (Å²) in [7, 11) is 0. The predicted molar refractivity (Wildman–Crippen MR) is 93.2 cm³/mol. The fourth-order valence-corrected chi connectivity index (χ4v) is 2.43. The molecule has 3 N–H and O–H groups in total. The molecule has 3 rings (SSSR count). The van der Waals surface area contributed by atoms with E-state index in [2.05, 4.69) is 10.5 Å². The Morgan fingerprint density at radius 3 is 2.54 bits per heavy atom. The average molecular weight is 320 g/mol. The van der Waals surface area contributed by atoms with Crippen molar-refractivity contribution in [3.8, 4) is 11.5 Å². The number of phenolic OH excluding ortho intramolecular Hbond substituents is 2. The zero-order chi connectivity index (χ0) is 16.9. The third-order valence-corrected chi connectivity index (χ3v) is 3.63. The Morgan fingerprint density at radius 2 is 1.75 bits per heavy atom. The molecule has 0 saturated heterocycles. The normalized spacial score (nSPS) is 11.0. The molecule has 0 aliphatic carbocycles. The number of hydrogen-bond acceptors (Lipinski definition) is 4. The molecule has 120 valence electrons. The molecule has 3 aromatic carbocycles. The van der Waals surface area contributed by atoms with Gasteiger partial charge >= 0.3 is 0 Å². The summed E-state index contributed by atoms with van der Waals surface area (Å²) in [5, 5.41) is 25.0. The molecular formula is C19H16N2O3. The standard InChI is InChI=1S/C19H16N2O3/c22-15-8-5-13(6-9-15)11-19(24)21-20-12-17-16-4-2-1-3-14(16)7-10-18(17)23/h1-10,12,22-23H,11H2,(H,21,24)/b20-12-. The minimum absolute atomic E-state index is 0.102. The number of fused-ring (bicyclic) bond motifs is 1. The van der Waals surface area contributed by atoms with Gasteiger partial charge in [0.15, 0.2) is 0 Å². The van der Waals surface area contributed by atoms with Gasteiger partial charge in [-0.05, 0) is 34.5 Å². The van der Waals surface area contributed by atoms with Gasteiger partial charge in [0.05, 0.1) is 12.6 Å². The van der Waals surface area contributed by atoms with Gasteiger partial charge in [-0.2, -0.15) is 5.10 Å². The Kier molecular flexibility index (Phi) is 4.43. The van der Waals surface area contributed by atoms with Crippen molar-refractivity contribution in [3.63, 3.8) is 0 Å². The maximum absolute atomic E-state index is 11.9. The van der Waals surface area contributed by atoms with Crippen LogP contribution in [0, 0.1) is 0 Å². The number of hydrogen-bond donors (Lipinski definition) is 3. The van der Waals surface area contributed by atoms with Crippen molar-refractivity contribution in [1.29, 1.82) is 0 Å². The number of carbonyl (C=O) groups is 1. The minimum atomic E-state index is -0.281. The number of nitrogens with one attached hydrogen (secondary N) is 1. The number of phenols is 2. The SMILES string of the molecule is O=C(Cc1ccc(O)cc1)N/N=C\c1c(O)ccc2ccccc12. The number of nitrogens with zero attached hydrogens (tertiary/aromatic N) is 1. The van der Waals surface area contributed by atoms with Crippen molar-refractivity contribution >= 4 is 22.9 Å². The summed E-state index contributed by atoms with van der Waals surface area (Å²) in [5.41, 5.74) is 3.77. The van der Waals surface area contributed by atoms with Gasteiger partial charge in [-0.25, -0.2) is 5.43 Å². The van der Waals surface area contributed by atoms with Crippen LogP contribution < -0.4 is 5.43 Å². The zero-order valence-electron chi connectivity index (χ0n) is 12.8. The second kappa shape index (κ2) is 6.83. The fourth-order valence-electron chi connectivity index (χ4n) is 2.43. The lowest BCUT2D eigenvalue weighted by molar-refractivity contribution is -0.120. The highest BCUT2D eigenvalue weighted by Crippen LogP contribution is 2.25.